The van der Waals surface area contributed by atoms with E-state index in [0.717, 1.165) is 0 Å². The van der Waals surface area contributed by atoms with Crippen molar-refractivity contribution in [1.82, 2.24) is 10.2 Å². The van der Waals surface area contributed by atoms with Crippen molar-refractivity contribution in [3.05, 3.63) is 11.3 Å². The molecule has 0 amide bonds. The van der Waals surface area contributed by atoms with Crippen LogP contribution in [0.3, 0.4) is 0 Å². The molecule has 1 heterocycles. The third kappa shape index (κ3) is 3.53. The lowest BCUT2D eigenvalue weighted by Crippen LogP contribution is -2.36. The minimum atomic E-state index is 0.603. The van der Waals surface area contributed by atoms with Crippen LogP contribution in [-0.4, -0.2) is 30.1 Å². The van der Waals surface area contributed by atoms with E-state index >= 15 is 0 Å². The van der Waals surface area contributed by atoms with Gasteiger partial charge >= 0.3 is 0 Å². The van der Waals surface area contributed by atoms with Crippen molar-refractivity contribution >= 4 is 0 Å². The van der Waals surface area contributed by atoms with Crippen LogP contribution in [0.5, 0.6) is 0 Å². The summed E-state index contributed by atoms with van der Waals surface area (Å²) in [6.45, 7) is 13.6. The number of allylic oxidation sites excluding steroid dienone is 2. The van der Waals surface area contributed by atoms with Crippen molar-refractivity contribution in [1.29, 1.82) is 0 Å². The average molecular weight is 210 g/mol. The van der Waals surface area contributed by atoms with Gasteiger partial charge in [0.2, 0.25) is 0 Å². The van der Waals surface area contributed by atoms with Crippen LogP contribution in [0.25, 0.3) is 0 Å². The molecule has 1 aliphatic rings. The van der Waals surface area contributed by atoms with E-state index in [-0.39, 0.29) is 0 Å². The molecule has 1 rings (SSSR count). The van der Waals surface area contributed by atoms with Crippen molar-refractivity contribution in [3.63, 3.8) is 0 Å². The molecule has 1 unspecified atom stereocenters. The van der Waals surface area contributed by atoms with Crippen molar-refractivity contribution in [2.45, 2.75) is 59.5 Å². The SMILES string of the molecule is CC/C(C)=C(/C)N1CCC(NC(C)C)C1. The number of hydrogen-bond donors (Lipinski definition) is 1. The Labute approximate surface area is 94.7 Å². The van der Waals surface area contributed by atoms with Gasteiger partial charge in [0.15, 0.2) is 0 Å². The molecule has 0 aromatic heterocycles. The number of hydrogen-bond acceptors (Lipinski definition) is 2. The van der Waals surface area contributed by atoms with Crippen LogP contribution in [0.1, 0.15) is 47.5 Å². The lowest BCUT2D eigenvalue weighted by atomic mass is 10.2. The molecule has 0 aliphatic carbocycles. The number of nitrogens with zero attached hydrogens (tertiary/aromatic N) is 1. The highest BCUT2D eigenvalue weighted by Crippen LogP contribution is 2.19. The second-order valence-electron chi connectivity index (χ2n) is 4.97. The molecular weight excluding hydrogens is 184 g/mol. The van der Waals surface area contributed by atoms with Crippen LogP contribution in [0.2, 0.25) is 0 Å². The van der Waals surface area contributed by atoms with Crippen LogP contribution < -0.4 is 5.32 Å². The van der Waals surface area contributed by atoms with Crippen LogP contribution in [-0.2, 0) is 0 Å². The maximum Gasteiger partial charge on any atom is 0.0329 e. The van der Waals surface area contributed by atoms with E-state index in [1.165, 1.54) is 37.2 Å². The van der Waals surface area contributed by atoms with Crippen LogP contribution in [0, 0.1) is 0 Å². The van der Waals surface area contributed by atoms with E-state index < -0.39 is 0 Å². The Balaban J connectivity index is 2.49. The van der Waals surface area contributed by atoms with Gasteiger partial charge in [-0.3, -0.25) is 0 Å². The molecule has 0 aromatic rings. The molecule has 2 heteroatoms. The molecule has 1 aliphatic heterocycles. The summed E-state index contributed by atoms with van der Waals surface area (Å²) in [7, 11) is 0. The fourth-order valence-electron chi connectivity index (χ4n) is 2.20. The van der Waals surface area contributed by atoms with Crippen molar-refractivity contribution < 1.29 is 0 Å². The maximum absolute atomic E-state index is 3.62. The van der Waals surface area contributed by atoms with E-state index in [4.69, 9.17) is 0 Å². The topological polar surface area (TPSA) is 15.3 Å². The second kappa shape index (κ2) is 5.55. The predicted octanol–water partition coefficient (Wildman–Crippen LogP) is 2.76. The molecule has 2 nitrogen and oxygen atoms in total. The number of nitrogens with one attached hydrogen (secondary N) is 1. The van der Waals surface area contributed by atoms with E-state index in [0.29, 0.717) is 12.1 Å². The van der Waals surface area contributed by atoms with Gasteiger partial charge in [0, 0.05) is 30.9 Å². The van der Waals surface area contributed by atoms with Gasteiger partial charge in [0.25, 0.3) is 0 Å². The molecule has 0 radical (unpaired) electrons. The Kier molecular flexibility index (Phi) is 4.65. The van der Waals surface area contributed by atoms with E-state index in [1.807, 2.05) is 0 Å². The summed E-state index contributed by atoms with van der Waals surface area (Å²) in [6.07, 6.45) is 2.46. The van der Waals surface area contributed by atoms with Crippen LogP contribution >= 0.6 is 0 Å². The summed E-state index contributed by atoms with van der Waals surface area (Å²) in [4.78, 5) is 2.53. The van der Waals surface area contributed by atoms with E-state index in [2.05, 4.69) is 44.8 Å². The average Bonchev–Trinajstić information content (AvgIpc) is 2.63. The van der Waals surface area contributed by atoms with E-state index in [1.54, 1.807) is 0 Å². The Morgan fingerprint density at radius 2 is 2.07 bits per heavy atom. The first kappa shape index (κ1) is 12.6. The zero-order valence-corrected chi connectivity index (χ0v) is 10.9. The van der Waals surface area contributed by atoms with Gasteiger partial charge < -0.3 is 10.2 Å². The summed E-state index contributed by atoms with van der Waals surface area (Å²) >= 11 is 0. The molecule has 1 N–H and O–H groups in total. The summed E-state index contributed by atoms with van der Waals surface area (Å²) in [5.41, 5.74) is 3.02. The largest absolute Gasteiger partial charge is 0.373 e. The first-order valence-electron chi connectivity index (χ1n) is 6.22. The highest BCUT2D eigenvalue weighted by atomic mass is 15.2. The fourth-order valence-corrected chi connectivity index (χ4v) is 2.20. The van der Waals surface area contributed by atoms with Gasteiger partial charge in [-0.2, -0.15) is 0 Å². The highest BCUT2D eigenvalue weighted by Gasteiger charge is 2.23. The summed E-state index contributed by atoms with van der Waals surface area (Å²) in [6, 6.07) is 1.29. The number of rotatable bonds is 4. The Morgan fingerprint density at radius 3 is 2.60 bits per heavy atom. The van der Waals surface area contributed by atoms with Gasteiger partial charge in [-0.05, 0) is 26.7 Å². The van der Waals surface area contributed by atoms with Crippen molar-refractivity contribution in [3.8, 4) is 0 Å². The molecule has 15 heavy (non-hydrogen) atoms. The molecule has 0 bridgehead atoms. The molecule has 88 valence electrons. The standard InChI is InChI=1S/C13H26N2/c1-6-11(4)12(5)15-8-7-13(9-15)14-10(2)3/h10,13-14H,6-9H2,1-5H3/b12-11-. The van der Waals surface area contributed by atoms with Gasteiger partial charge in [0.05, 0.1) is 0 Å². The fraction of sp³-hybridized carbons (Fsp3) is 0.846. The summed E-state index contributed by atoms with van der Waals surface area (Å²) < 4.78 is 0. The minimum absolute atomic E-state index is 0.603. The van der Waals surface area contributed by atoms with Gasteiger partial charge in [-0.15, -0.1) is 0 Å². The lowest BCUT2D eigenvalue weighted by Gasteiger charge is -2.22. The first-order chi connectivity index (χ1) is 7.04. The second-order valence-corrected chi connectivity index (χ2v) is 4.97. The summed E-state index contributed by atoms with van der Waals surface area (Å²) in [5, 5.41) is 3.62. The monoisotopic (exact) mass is 210 g/mol. The molecule has 0 aromatic carbocycles. The van der Waals surface area contributed by atoms with Gasteiger partial charge in [-0.25, -0.2) is 0 Å². The molecule has 0 spiro atoms. The summed E-state index contributed by atoms with van der Waals surface area (Å²) in [5.74, 6) is 0. The van der Waals surface area contributed by atoms with Gasteiger partial charge in [-0.1, -0.05) is 26.3 Å². The minimum Gasteiger partial charge on any atom is -0.373 e. The number of likely N-dealkylation sites (tertiary alicyclic amines) is 1. The molecule has 1 atom stereocenters. The third-order valence-electron chi connectivity index (χ3n) is 3.38. The lowest BCUT2D eigenvalue weighted by molar-refractivity contribution is 0.393. The van der Waals surface area contributed by atoms with Gasteiger partial charge in [0.1, 0.15) is 0 Å². The normalized spacial score (nSPS) is 23.6. The molecule has 0 saturated carbocycles. The Bertz CT molecular complexity index is 231. The van der Waals surface area contributed by atoms with Crippen molar-refractivity contribution in [2.24, 2.45) is 0 Å². The molecule has 1 saturated heterocycles. The van der Waals surface area contributed by atoms with Crippen LogP contribution in [0.15, 0.2) is 11.3 Å². The highest BCUT2D eigenvalue weighted by molar-refractivity contribution is 5.10. The molecular formula is C13H26N2. The van der Waals surface area contributed by atoms with E-state index in [9.17, 15) is 0 Å². The zero-order valence-electron chi connectivity index (χ0n) is 10.9. The smallest absolute Gasteiger partial charge is 0.0329 e. The van der Waals surface area contributed by atoms with Crippen molar-refractivity contribution in [2.75, 3.05) is 13.1 Å². The Morgan fingerprint density at radius 1 is 1.40 bits per heavy atom. The maximum atomic E-state index is 3.62. The Hall–Kier alpha value is -0.500. The van der Waals surface area contributed by atoms with Crippen LogP contribution in [0.4, 0.5) is 0 Å². The zero-order chi connectivity index (χ0) is 11.4. The quantitative estimate of drug-likeness (QED) is 0.767. The molecule has 1 fully saturated rings. The first-order valence-corrected chi connectivity index (χ1v) is 6.22. The third-order valence-corrected chi connectivity index (χ3v) is 3.38. The predicted molar refractivity (Wildman–Crippen MR) is 66.9 cm³/mol.